The molecular weight excluding hydrogens is 506 g/mol. The Balaban J connectivity index is 1.72. The van der Waals surface area contributed by atoms with Crippen molar-refractivity contribution in [3.8, 4) is 0 Å². The summed E-state index contributed by atoms with van der Waals surface area (Å²) >= 11 is 0. The highest BCUT2D eigenvalue weighted by atomic mass is 28.4. The molecule has 38 heavy (non-hydrogen) atoms. The van der Waals surface area contributed by atoms with Crippen LogP contribution >= 0.6 is 0 Å². The first kappa shape index (κ1) is 29.3. The molecule has 210 valence electrons. The maximum absolute atomic E-state index is 15.3. The molecule has 2 aromatic rings. The number of halogens is 2. The fraction of sp³-hybridized carbons (Fsp3) is 0.600. The third kappa shape index (κ3) is 5.62. The van der Waals surface area contributed by atoms with Crippen molar-refractivity contribution in [1.82, 2.24) is 0 Å². The molecule has 0 unspecified atom stereocenters. The fourth-order valence-electron chi connectivity index (χ4n) is 5.89. The fourth-order valence-corrected chi connectivity index (χ4v) is 10.5. The van der Waals surface area contributed by atoms with E-state index in [1.165, 1.54) is 0 Å². The molecule has 8 heteroatoms. The lowest BCUT2D eigenvalue weighted by atomic mass is 9.90. The molecule has 0 aromatic heterocycles. The Labute approximate surface area is 226 Å². The Morgan fingerprint density at radius 2 is 1.45 bits per heavy atom. The van der Waals surface area contributed by atoms with Gasteiger partial charge in [-0.25, -0.2) is 8.78 Å². The van der Waals surface area contributed by atoms with Crippen LogP contribution in [0.5, 0.6) is 0 Å². The van der Waals surface area contributed by atoms with Gasteiger partial charge in [0, 0.05) is 6.42 Å². The molecule has 1 N–H and O–H groups in total. The third-order valence-corrected chi connectivity index (χ3v) is 12.7. The maximum atomic E-state index is 15.3. The molecule has 4 rings (SSSR count). The molecule has 0 bridgehead atoms. The van der Waals surface area contributed by atoms with Gasteiger partial charge in [0.1, 0.15) is 30.5 Å². The maximum Gasteiger partial charge on any atom is 0.276 e. The van der Waals surface area contributed by atoms with Crippen LogP contribution in [0.1, 0.15) is 60.8 Å². The van der Waals surface area contributed by atoms with E-state index in [4.69, 9.17) is 18.6 Å². The van der Waals surface area contributed by atoms with Crippen LogP contribution in [0.4, 0.5) is 8.78 Å². The first-order chi connectivity index (χ1) is 17.8. The Morgan fingerprint density at radius 3 is 1.95 bits per heavy atom. The minimum Gasteiger partial charge on any atom is -0.405 e. The Bertz CT molecular complexity index is 1000. The number of fused-ring (bicyclic) bond motifs is 1. The van der Waals surface area contributed by atoms with E-state index in [1.54, 1.807) is 13.8 Å². The van der Waals surface area contributed by atoms with Gasteiger partial charge in [0.2, 0.25) is 0 Å². The van der Waals surface area contributed by atoms with Gasteiger partial charge in [-0.3, -0.25) is 0 Å². The van der Waals surface area contributed by atoms with Gasteiger partial charge in [-0.05, 0) is 35.7 Å². The van der Waals surface area contributed by atoms with Gasteiger partial charge < -0.3 is 23.7 Å². The van der Waals surface area contributed by atoms with E-state index in [2.05, 4.69) is 45.0 Å². The van der Waals surface area contributed by atoms with Gasteiger partial charge in [0.25, 0.3) is 14.2 Å². The number of aliphatic hydroxyl groups is 1. The number of unbranched alkanes of at least 4 members (excludes halogenated alkanes) is 1. The van der Waals surface area contributed by atoms with Crippen molar-refractivity contribution in [2.24, 2.45) is 0 Å². The average Bonchev–Trinajstić information content (AvgIpc) is 3.20. The second-order valence-electron chi connectivity index (χ2n) is 12.0. The zero-order valence-corrected chi connectivity index (χ0v) is 24.3. The Hall–Kier alpha value is -1.68. The Kier molecular flexibility index (Phi) is 8.53. The van der Waals surface area contributed by atoms with E-state index in [-0.39, 0.29) is 18.1 Å². The number of hydrogen-bond acceptors (Lipinski definition) is 5. The minimum absolute atomic E-state index is 0.0287. The van der Waals surface area contributed by atoms with Crippen molar-refractivity contribution in [3.63, 3.8) is 0 Å². The minimum atomic E-state index is -3.22. The number of ether oxygens (including phenoxy) is 3. The van der Waals surface area contributed by atoms with Crippen molar-refractivity contribution >= 4 is 18.7 Å². The predicted octanol–water partition coefficient (Wildman–Crippen LogP) is 5.04. The molecule has 0 spiro atoms. The number of aliphatic hydroxyl groups excluding tert-OH is 1. The number of benzene rings is 2. The highest BCUT2D eigenvalue weighted by Crippen LogP contribution is 2.44. The Morgan fingerprint density at radius 1 is 0.921 bits per heavy atom. The largest absolute Gasteiger partial charge is 0.405 e. The number of rotatable bonds is 9. The van der Waals surface area contributed by atoms with Crippen LogP contribution in [0.25, 0.3) is 0 Å². The summed E-state index contributed by atoms with van der Waals surface area (Å²) < 4.78 is 55.8. The van der Waals surface area contributed by atoms with Gasteiger partial charge in [0.05, 0.1) is 6.61 Å². The molecular formula is C30H42F2O5Si. The lowest BCUT2D eigenvalue weighted by molar-refractivity contribution is -0.261. The average molecular weight is 549 g/mol. The molecule has 2 fully saturated rings. The summed E-state index contributed by atoms with van der Waals surface area (Å²) in [5, 5.41) is 12.9. The number of alkyl halides is 2. The predicted molar refractivity (Wildman–Crippen MR) is 147 cm³/mol. The van der Waals surface area contributed by atoms with Crippen LogP contribution in [0.3, 0.4) is 0 Å². The normalized spacial score (nSPS) is 27.8. The molecule has 2 aliphatic heterocycles. The van der Waals surface area contributed by atoms with Crippen LogP contribution in [0.15, 0.2) is 60.7 Å². The van der Waals surface area contributed by atoms with E-state index in [0.717, 1.165) is 10.4 Å². The van der Waals surface area contributed by atoms with E-state index in [1.807, 2.05) is 43.3 Å². The molecule has 5 nitrogen and oxygen atoms in total. The SMILES string of the molecule is CCCCC(F)(F)[C@@H]1O[C@H](CO[Si](c2ccccc2)(c2ccccc2)C(C)(C)C)[C@@H]2OC(C)(C)O[C@@H]2[C@H]1O. The van der Waals surface area contributed by atoms with Gasteiger partial charge >= 0.3 is 0 Å². The lowest BCUT2D eigenvalue weighted by Crippen LogP contribution is -2.68. The van der Waals surface area contributed by atoms with Gasteiger partial charge in [0.15, 0.2) is 5.79 Å². The van der Waals surface area contributed by atoms with E-state index >= 15 is 8.78 Å². The summed E-state index contributed by atoms with van der Waals surface area (Å²) in [7, 11) is -2.95. The summed E-state index contributed by atoms with van der Waals surface area (Å²) in [5.41, 5.74) is 0. The van der Waals surface area contributed by atoms with Gasteiger partial charge in [-0.2, -0.15) is 0 Å². The topological polar surface area (TPSA) is 57.2 Å². The van der Waals surface area contributed by atoms with E-state index in [9.17, 15) is 5.11 Å². The molecule has 2 heterocycles. The summed E-state index contributed by atoms with van der Waals surface area (Å²) in [4.78, 5) is 0. The summed E-state index contributed by atoms with van der Waals surface area (Å²) in [6.07, 6.45) is -5.16. The standard InChI is InChI=1S/C30H42F2O5Si/c1-7-8-19-30(31,32)27-24(33)26-25(36-29(5,6)37-26)23(35-27)20-34-38(28(2,3)4,21-15-11-9-12-16-21)22-17-13-10-14-18-22/h9-18,23-27,33H,7-8,19-20H2,1-6H3/t23-,24-,25+,26-,27-/m1/s1. The zero-order chi connectivity index (χ0) is 27.8. The van der Waals surface area contributed by atoms with Crippen LogP contribution in [-0.2, 0) is 18.6 Å². The molecule has 2 aromatic carbocycles. The van der Waals surface area contributed by atoms with Crippen LogP contribution < -0.4 is 10.4 Å². The molecule has 0 radical (unpaired) electrons. The van der Waals surface area contributed by atoms with Gasteiger partial charge in [-0.1, -0.05) is 94.8 Å². The number of hydrogen-bond donors (Lipinski definition) is 1. The van der Waals surface area contributed by atoms with Crippen molar-refractivity contribution in [1.29, 1.82) is 0 Å². The van der Waals surface area contributed by atoms with E-state index < -0.39 is 50.5 Å². The van der Waals surface area contributed by atoms with E-state index in [0.29, 0.717) is 12.8 Å². The second kappa shape index (κ2) is 11.1. The smallest absolute Gasteiger partial charge is 0.276 e. The quantitative estimate of drug-likeness (QED) is 0.445. The van der Waals surface area contributed by atoms with Crippen LogP contribution in [0.2, 0.25) is 5.04 Å². The van der Waals surface area contributed by atoms with Crippen molar-refractivity contribution < 1.29 is 32.5 Å². The summed E-state index contributed by atoms with van der Waals surface area (Å²) in [5.74, 6) is -4.25. The summed E-state index contributed by atoms with van der Waals surface area (Å²) in [6.45, 7) is 11.8. The van der Waals surface area contributed by atoms with Gasteiger partial charge in [-0.15, -0.1) is 0 Å². The molecule has 2 saturated heterocycles. The first-order valence-corrected chi connectivity index (χ1v) is 15.6. The molecule has 0 saturated carbocycles. The second-order valence-corrected chi connectivity index (χ2v) is 16.3. The van der Waals surface area contributed by atoms with Crippen LogP contribution in [0, 0.1) is 0 Å². The van der Waals surface area contributed by atoms with Crippen LogP contribution in [-0.4, -0.2) is 62.3 Å². The van der Waals surface area contributed by atoms with Crippen molar-refractivity contribution in [2.45, 2.75) is 108 Å². The molecule has 0 aliphatic carbocycles. The first-order valence-electron chi connectivity index (χ1n) is 13.6. The summed E-state index contributed by atoms with van der Waals surface area (Å²) in [6, 6.07) is 20.3. The molecule has 5 atom stereocenters. The third-order valence-electron chi connectivity index (χ3n) is 7.66. The highest BCUT2D eigenvalue weighted by Gasteiger charge is 2.61. The van der Waals surface area contributed by atoms with Crippen molar-refractivity contribution in [2.75, 3.05) is 6.61 Å². The zero-order valence-electron chi connectivity index (χ0n) is 23.3. The monoisotopic (exact) mass is 548 g/mol. The van der Waals surface area contributed by atoms with Crippen molar-refractivity contribution in [3.05, 3.63) is 60.7 Å². The highest BCUT2D eigenvalue weighted by molar-refractivity contribution is 6.99. The molecule has 0 amide bonds. The lowest BCUT2D eigenvalue weighted by Gasteiger charge is -2.46. The molecule has 2 aliphatic rings.